The molecule has 0 amide bonds. The van der Waals surface area contributed by atoms with Crippen molar-refractivity contribution in [2.24, 2.45) is 5.92 Å². The van der Waals surface area contributed by atoms with Crippen molar-refractivity contribution in [1.82, 2.24) is 20.3 Å². The fourth-order valence-corrected chi connectivity index (χ4v) is 3.02. The van der Waals surface area contributed by atoms with Gasteiger partial charge in [0.25, 0.3) is 0 Å². The number of carbonyl (C=O) groups is 1. The molecule has 8 heteroatoms. The van der Waals surface area contributed by atoms with E-state index < -0.39 is 5.97 Å². The van der Waals surface area contributed by atoms with E-state index in [0.717, 1.165) is 43.2 Å². The van der Waals surface area contributed by atoms with Gasteiger partial charge in [0.1, 0.15) is 12.4 Å². The summed E-state index contributed by atoms with van der Waals surface area (Å²) in [7, 11) is 0. The predicted molar refractivity (Wildman–Crippen MR) is 100 cm³/mol. The molecule has 0 radical (unpaired) electrons. The average molecular weight is 356 g/mol. The number of nitrogens with zero attached hydrogens (tertiary/aromatic N) is 3. The van der Waals surface area contributed by atoms with Crippen molar-refractivity contribution < 1.29 is 9.90 Å². The van der Waals surface area contributed by atoms with Crippen molar-refractivity contribution in [3.63, 3.8) is 0 Å². The molecule has 1 saturated heterocycles. The van der Waals surface area contributed by atoms with Crippen LogP contribution in [0, 0.1) is 5.92 Å². The molecule has 3 rings (SSSR count). The van der Waals surface area contributed by atoms with Crippen LogP contribution in [0.1, 0.15) is 19.3 Å². The molecule has 0 bridgehead atoms. The van der Waals surface area contributed by atoms with Crippen LogP contribution in [0.15, 0.2) is 30.6 Å². The molecule has 0 atom stereocenters. The molecule has 0 unspecified atom stereocenters. The second kappa shape index (κ2) is 9.10. The normalized spacial score (nSPS) is 14.8. The lowest BCUT2D eigenvalue weighted by Crippen LogP contribution is -2.28. The smallest absolute Gasteiger partial charge is 0.322 e. The molecule has 2 aromatic heterocycles. The summed E-state index contributed by atoms with van der Waals surface area (Å²) >= 11 is 0. The number of carboxylic acid groups (broad SMARTS) is 1. The third-order valence-electron chi connectivity index (χ3n) is 4.42. The first-order valence-electron chi connectivity index (χ1n) is 8.90. The highest BCUT2D eigenvalue weighted by Crippen LogP contribution is 2.21. The van der Waals surface area contributed by atoms with Gasteiger partial charge in [-0.2, -0.15) is 4.98 Å². The van der Waals surface area contributed by atoms with Crippen molar-refractivity contribution in [2.45, 2.75) is 19.3 Å². The highest BCUT2D eigenvalue weighted by atomic mass is 16.4. The minimum atomic E-state index is -0.955. The lowest BCUT2D eigenvalue weighted by Gasteiger charge is -2.22. The molecule has 8 nitrogen and oxygen atoms in total. The van der Waals surface area contributed by atoms with E-state index in [1.54, 1.807) is 12.4 Å². The third kappa shape index (κ3) is 5.38. The Bertz CT molecular complexity index is 719. The summed E-state index contributed by atoms with van der Waals surface area (Å²) in [5.41, 5.74) is 1.63. The number of piperidine rings is 1. The zero-order chi connectivity index (χ0) is 18.2. The van der Waals surface area contributed by atoms with Crippen LogP contribution in [0.2, 0.25) is 0 Å². The molecule has 1 aliphatic rings. The number of carboxylic acids is 1. The van der Waals surface area contributed by atoms with Crippen LogP contribution >= 0.6 is 0 Å². The molecule has 0 saturated carbocycles. The molecule has 138 valence electrons. The summed E-state index contributed by atoms with van der Waals surface area (Å²) in [6.45, 7) is 2.78. The lowest BCUT2D eigenvalue weighted by atomic mass is 9.95. The minimum Gasteiger partial charge on any atom is -0.480 e. The number of aromatic nitrogens is 3. The van der Waals surface area contributed by atoms with E-state index in [4.69, 9.17) is 5.11 Å². The molecule has 1 aliphatic heterocycles. The number of rotatable bonds is 8. The third-order valence-corrected chi connectivity index (χ3v) is 4.42. The van der Waals surface area contributed by atoms with Gasteiger partial charge in [0, 0.05) is 30.6 Å². The van der Waals surface area contributed by atoms with Gasteiger partial charge in [-0.05, 0) is 50.4 Å². The topological polar surface area (TPSA) is 112 Å². The molecule has 0 aliphatic carbocycles. The van der Waals surface area contributed by atoms with E-state index in [-0.39, 0.29) is 6.54 Å². The van der Waals surface area contributed by atoms with Gasteiger partial charge in [-0.1, -0.05) is 0 Å². The maximum absolute atomic E-state index is 10.8. The zero-order valence-corrected chi connectivity index (χ0v) is 14.6. The first-order valence-corrected chi connectivity index (χ1v) is 8.90. The van der Waals surface area contributed by atoms with Crippen molar-refractivity contribution in [2.75, 3.05) is 36.8 Å². The maximum Gasteiger partial charge on any atom is 0.322 e. The minimum absolute atomic E-state index is 0.228. The van der Waals surface area contributed by atoms with Crippen LogP contribution in [0.5, 0.6) is 0 Å². The Morgan fingerprint density at radius 1 is 1.19 bits per heavy atom. The second-order valence-electron chi connectivity index (χ2n) is 6.35. The van der Waals surface area contributed by atoms with Gasteiger partial charge in [0.2, 0.25) is 5.95 Å². The van der Waals surface area contributed by atoms with E-state index in [0.29, 0.717) is 11.8 Å². The number of aliphatic carboxylic acids is 1. The van der Waals surface area contributed by atoms with E-state index in [1.807, 2.05) is 18.2 Å². The summed E-state index contributed by atoms with van der Waals surface area (Å²) in [6.07, 6.45) is 6.91. The quantitative estimate of drug-likeness (QED) is 0.567. The molecule has 26 heavy (non-hydrogen) atoms. The van der Waals surface area contributed by atoms with Crippen LogP contribution < -0.4 is 16.0 Å². The van der Waals surface area contributed by atoms with Crippen LogP contribution in [0.25, 0.3) is 11.3 Å². The fourth-order valence-electron chi connectivity index (χ4n) is 3.02. The van der Waals surface area contributed by atoms with Crippen molar-refractivity contribution in [3.8, 4) is 11.3 Å². The van der Waals surface area contributed by atoms with Gasteiger partial charge in [0.05, 0.1) is 5.69 Å². The number of anilines is 2. The summed E-state index contributed by atoms with van der Waals surface area (Å²) < 4.78 is 0. The average Bonchev–Trinajstić information content (AvgIpc) is 2.68. The summed E-state index contributed by atoms with van der Waals surface area (Å²) in [5.74, 6) is 0.762. The molecule has 3 heterocycles. The Morgan fingerprint density at radius 3 is 2.69 bits per heavy atom. The van der Waals surface area contributed by atoms with Gasteiger partial charge in [-0.3, -0.25) is 9.78 Å². The van der Waals surface area contributed by atoms with Gasteiger partial charge >= 0.3 is 5.97 Å². The summed E-state index contributed by atoms with van der Waals surface area (Å²) in [4.78, 5) is 23.6. The van der Waals surface area contributed by atoms with Gasteiger partial charge in [0.15, 0.2) is 0 Å². The Morgan fingerprint density at radius 2 is 1.96 bits per heavy atom. The van der Waals surface area contributed by atoms with Gasteiger partial charge in [-0.25, -0.2) is 4.98 Å². The molecule has 0 aromatic carbocycles. The van der Waals surface area contributed by atoms with Crippen molar-refractivity contribution >= 4 is 17.7 Å². The highest BCUT2D eigenvalue weighted by molar-refractivity contribution is 5.72. The Labute approximate surface area is 152 Å². The first-order chi connectivity index (χ1) is 12.7. The Hall–Kier alpha value is -2.74. The van der Waals surface area contributed by atoms with Crippen LogP contribution in [-0.4, -0.2) is 52.2 Å². The van der Waals surface area contributed by atoms with E-state index in [9.17, 15) is 4.79 Å². The number of nitrogens with one attached hydrogen (secondary N) is 3. The van der Waals surface area contributed by atoms with Gasteiger partial charge < -0.3 is 21.1 Å². The molecule has 4 N–H and O–H groups in total. The number of pyridine rings is 1. The maximum atomic E-state index is 10.8. The SMILES string of the molecule is O=C(O)CNc1nc(NCCC2CCNCC2)cc(-c2ccncc2)n1. The van der Waals surface area contributed by atoms with Crippen molar-refractivity contribution in [1.29, 1.82) is 0 Å². The van der Waals surface area contributed by atoms with Crippen molar-refractivity contribution in [3.05, 3.63) is 30.6 Å². The van der Waals surface area contributed by atoms with Crippen LogP contribution in [-0.2, 0) is 4.79 Å². The largest absolute Gasteiger partial charge is 0.480 e. The lowest BCUT2D eigenvalue weighted by molar-refractivity contribution is -0.134. The molecule has 0 spiro atoms. The molecule has 2 aromatic rings. The highest BCUT2D eigenvalue weighted by Gasteiger charge is 2.13. The first kappa shape index (κ1) is 18.1. The molecular weight excluding hydrogens is 332 g/mol. The standard InChI is InChI=1S/C18H24N6O2/c25-17(26)12-22-18-23-15(14-4-8-20-9-5-14)11-16(24-18)21-10-3-13-1-6-19-7-2-13/h4-5,8-9,11,13,19H,1-3,6-7,10,12H2,(H,25,26)(H2,21,22,23,24). The Balaban J connectivity index is 1.70. The summed E-state index contributed by atoms with van der Waals surface area (Å²) in [6, 6.07) is 5.61. The number of hydrogen-bond donors (Lipinski definition) is 4. The Kier molecular flexibility index (Phi) is 6.32. The predicted octanol–water partition coefficient (Wildman–Crippen LogP) is 1.84. The van der Waals surface area contributed by atoms with Gasteiger partial charge in [-0.15, -0.1) is 0 Å². The monoisotopic (exact) mass is 356 g/mol. The van der Waals surface area contributed by atoms with E-state index in [1.165, 1.54) is 12.8 Å². The fraction of sp³-hybridized carbons (Fsp3) is 0.444. The van der Waals surface area contributed by atoms with E-state index in [2.05, 4.69) is 30.9 Å². The molecule has 1 fully saturated rings. The zero-order valence-electron chi connectivity index (χ0n) is 14.6. The molecular formula is C18H24N6O2. The summed E-state index contributed by atoms with van der Waals surface area (Å²) in [5, 5.41) is 18.4. The van der Waals surface area contributed by atoms with Crippen LogP contribution in [0.3, 0.4) is 0 Å². The van der Waals surface area contributed by atoms with E-state index >= 15 is 0 Å². The van der Waals surface area contributed by atoms with Crippen LogP contribution in [0.4, 0.5) is 11.8 Å². The second-order valence-corrected chi connectivity index (χ2v) is 6.35. The number of hydrogen-bond acceptors (Lipinski definition) is 7.